The molecule has 0 aromatic rings. The topological polar surface area (TPSA) is 3.24 Å². The molecule has 0 aliphatic carbocycles. The lowest BCUT2D eigenvalue weighted by Crippen LogP contribution is -2.31. The maximum atomic E-state index is 2.56. The third kappa shape index (κ3) is 4.36. The van der Waals surface area contributed by atoms with Crippen LogP contribution in [0, 0.1) is 5.75 Å². The molecule has 1 saturated heterocycles. The fraction of sp³-hybridized carbons (Fsp3) is 0.900. The SMILES string of the molecule is CCCCCCN1C[CH]SCC1. The molecule has 1 radical (unpaired) electrons. The Bertz CT molecular complexity index is 100. The molecule has 0 bridgehead atoms. The molecule has 1 fully saturated rings. The molecule has 0 N–H and O–H groups in total. The van der Waals surface area contributed by atoms with Crippen LogP contribution in [-0.2, 0) is 0 Å². The third-order valence-electron chi connectivity index (χ3n) is 2.30. The van der Waals surface area contributed by atoms with Crippen molar-refractivity contribution in [2.45, 2.75) is 32.6 Å². The van der Waals surface area contributed by atoms with Crippen molar-refractivity contribution in [2.75, 3.05) is 25.4 Å². The number of unbranched alkanes of at least 4 members (excludes halogenated alkanes) is 3. The molecule has 1 aliphatic heterocycles. The Hall–Kier alpha value is 0.310. The Kier molecular flexibility index (Phi) is 5.88. The van der Waals surface area contributed by atoms with Gasteiger partial charge in [0.05, 0.1) is 0 Å². The Labute approximate surface area is 80.9 Å². The maximum absolute atomic E-state index is 2.56. The standard InChI is InChI=1S/C10H20NS/c1-2-3-4-5-6-11-7-9-12-10-8-11/h9H,2-8,10H2,1H3. The average molecular weight is 186 g/mol. The first-order valence-corrected chi connectivity index (χ1v) is 6.14. The number of rotatable bonds is 5. The monoisotopic (exact) mass is 186 g/mol. The first-order chi connectivity index (χ1) is 5.93. The van der Waals surface area contributed by atoms with Gasteiger partial charge in [-0.3, -0.25) is 0 Å². The summed E-state index contributed by atoms with van der Waals surface area (Å²) < 4.78 is 0. The lowest BCUT2D eigenvalue weighted by atomic mass is 10.2. The second kappa shape index (κ2) is 6.79. The molecule has 0 saturated carbocycles. The molecule has 0 aromatic heterocycles. The first-order valence-electron chi connectivity index (χ1n) is 5.09. The molecule has 2 heteroatoms. The maximum Gasteiger partial charge on any atom is 0.0306 e. The van der Waals surface area contributed by atoms with Gasteiger partial charge in [0, 0.05) is 24.6 Å². The lowest BCUT2D eigenvalue weighted by Gasteiger charge is -2.25. The summed E-state index contributed by atoms with van der Waals surface area (Å²) in [5.74, 6) is 3.64. The summed E-state index contributed by atoms with van der Waals surface area (Å²) in [5.41, 5.74) is 0. The smallest absolute Gasteiger partial charge is 0.0306 e. The van der Waals surface area contributed by atoms with E-state index in [1.165, 1.54) is 51.1 Å². The van der Waals surface area contributed by atoms with E-state index < -0.39 is 0 Å². The van der Waals surface area contributed by atoms with Crippen LogP contribution in [-0.4, -0.2) is 30.3 Å². The van der Waals surface area contributed by atoms with E-state index in [2.05, 4.69) is 17.6 Å². The van der Waals surface area contributed by atoms with Crippen LogP contribution in [0.3, 0.4) is 0 Å². The van der Waals surface area contributed by atoms with Crippen LogP contribution in [0.4, 0.5) is 0 Å². The molecule has 0 aromatic carbocycles. The molecule has 1 nitrogen and oxygen atoms in total. The van der Waals surface area contributed by atoms with E-state index in [-0.39, 0.29) is 0 Å². The molecule has 0 amide bonds. The highest BCUT2D eigenvalue weighted by molar-refractivity contribution is 8.01. The van der Waals surface area contributed by atoms with Gasteiger partial charge in [-0.1, -0.05) is 26.2 Å². The van der Waals surface area contributed by atoms with Gasteiger partial charge in [0.15, 0.2) is 0 Å². The minimum Gasteiger partial charge on any atom is -0.301 e. The Morgan fingerprint density at radius 3 is 2.92 bits per heavy atom. The van der Waals surface area contributed by atoms with Crippen LogP contribution in [0.25, 0.3) is 0 Å². The van der Waals surface area contributed by atoms with E-state index in [9.17, 15) is 0 Å². The van der Waals surface area contributed by atoms with Crippen LogP contribution < -0.4 is 0 Å². The van der Waals surface area contributed by atoms with Gasteiger partial charge < -0.3 is 4.90 Å². The molecule has 0 spiro atoms. The van der Waals surface area contributed by atoms with Crippen molar-refractivity contribution in [3.63, 3.8) is 0 Å². The predicted molar refractivity (Wildman–Crippen MR) is 57.3 cm³/mol. The first kappa shape index (κ1) is 10.4. The minimum atomic E-state index is 1.21. The van der Waals surface area contributed by atoms with E-state index in [0.29, 0.717) is 0 Å². The van der Waals surface area contributed by atoms with E-state index >= 15 is 0 Å². The van der Waals surface area contributed by atoms with Crippen molar-refractivity contribution in [1.29, 1.82) is 0 Å². The van der Waals surface area contributed by atoms with Gasteiger partial charge in [-0.2, -0.15) is 11.8 Å². The zero-order chi connectivity index (χ0) is 8.65. The van der Waals surface area contributed by atoms with Crippen LogP contribution in [0.1, 0.15) is 32.6 Å². The molecular weight excluding hydrogens is 166 g/mol. The second-order valence-electron chi connectivity index (χ2n) is 3.40. The van der Waals surface area contributed by atoms with Gasteiger partial charge in [-0.25, -0.2) is 0 Å². The molecule has 12 heavy (non-hydrogen) atoms. The second-order valence-corrected chi connectivity index (χ2v) is 4.47. The fourth-order valence-electron chi connectivity index (χ4n) is 1.48. The van der Waals surface area contributed by atoms with Crippen molar-refractivity contribution < 1.29 is 0 Å². The van der Waals surface area contributed by atoms with Crippen LogP contribution in [0.2, 0.25) is 0 Å². The number of hydrogen-bond acceptors (Lipinski definition) is 2. The summed E-state index contributed by atoms with van der Waals surface area (Å²) >= 11 is 1.98. The van der Waals surface area contributed by atoms with Gasteiger partial charge in [0.25, 0.3) is 0 Å². The largest absolute Gasteiger partial charge is 0.301 e. The summed E-state index contributed by atoms with van der Waals surface area (Å²) in [4.78, 5) is 2.56. The van der Waals surface area contributed by atoms with Crippen molar-refractivity contribution in [1.82, 2.24) is 4.90 Å². The van der Waals surface area contributed by atoms with Gasteiger partial charge in [-0.15, -0.1) is 0 Å². The summed E-state index contributed by atoms with van der Waals surface area (Å²) in [6.45, 7) is 6.09. The van der Waals surface area contributed by atoms with E-state index in [4.69, 9.17) is 0 Å². The molecular formula is C10H20NS. The highest BCUT2D eigenvalue weighted by Gasteiger charge is 2.08. The summed E-state index contributed by atoms with van der Waals surface area (Å²) in [6.07, 6.45) is 5.57. The van der Waals surface area contributed by atoms with E-state index in [0.717, 1.165) is 0 Å². The fourth-order valence-corrected chi connectivity index (χ4v) is 2.33. The van der Waals surface area contributed by atoms with Gasteiger partial charge in [0.2, 0.25) is 0 Å². The highest BCUT2D eigenvalue weighted by atomic mass is 32.2. The molecule has 0 unspecified atom stereocenters. The van der Waals surface area contributed by atoms with Crippen LogP contribution >= 0.6 is 11.8 Å². The summed E-state index contributed by atoms with van der Waals surface area (Å²) in [6, 6.07) is 0. The normalized spacial score (nSPS) is 19.8. The van der Waals surface area contributed by atoms with Gasteiger partial charge in [0.1, 0.15) is 0 Å². The van der Waals surface area contributed by atoms with Crippen molar-refractivity contribution in [3.8, 4) is 0 Å². The van der Waals surface area contributed by atoms with Gasteiger partial charge in [-0.05, 0) is 13.0 Å². The number of nitrogens with zero attached hydrogens (tertiary/aromatic N) is 1. The van der Waals surface area contributed by atoms with Crippen molar-refractivity contribution in [3.05, 3.63) is 5.75 Å². The lowest BCUT2D eigenvalue weighted by molar-refractivity contribution is 0.304. The van der Waals surface area contributed by atoms with Crippen molar-refractivity contribution >= 4 is 11.8 Å². The molecule has 1 aliphatic rings. The Morgan fingerprint density at radius 2 is 2.25 bits per heavy atom. The quantitative estimate of drug-likeness (QED) is 0.607. The molecule has 0 atom stereocenters. The number of hydrogen-bond donors (Lipinski definition) is 0. The minimum absolute atomic E-state index is 1.21. The average Bonchev–Trinajstić information content (AvgIpc) is 2.14. The molecule has 1 heterocycles. The summed E-state index contributed by atoms with van der Waals surface area (Å²) in [5, 5.41) is 0. The zero-order valence-corrected chi connectivity index (χ0v) is 8.91. The van der Waals surface area contributed by atoms with Crippen LogP contribution in [0.15, 0.2) is 0 Å². The third-order valence-corrected chi connectivity index (χ3v) is 3.11. The zero-order valence-electron chi connectivity index (χ0n) is 8.09. The predicted octanol–water partition coefficient (Wildman–Crippen LogP) is 2.78. The van der Waals surface area contributed by atoms with E-state index in [1.807, 2.05) is 11.8 Å². The van der Waals surface area contributed by atoms with Crippen LogP contribution in [0.5, 0.6) is 0 Å². The molecule has 1 rings (SSSR count). The number of thioether (sulfide) groups is 1. The highest BCUT2D eigenvalue weighted by Crippen LogP contribution is 2.14. The van der Waals surface area contributed by atoms with Gasteiger partial charge >= 0.3 is 0 Å². The van der Waals surface area contributed by atoms with E-state index in [1.54, 1.807) is 0 Å². The molecule has 71 valence electrons. The Balaban J connectivity index is 1.91. The Morgan fingerprint density at radius 1 is 1.33 bits per heavy atom. The van der Waals surface area contributed by atoms with Crippen molar-refractivity contribution in [2.24, 2.45) is 0 Å². The summed E-state index contributed by atoms with van der Waals surface area (Å²) in [7, 11) is 0.